The summed E-state index contributed by atoms with van der Waals surface area (Å²) in [5.41, 5.74) is 0. The molecular weight excluding hydrogens is 244 g/mol. The van der Waals surface area contributed by atoms with Gasteiger partial charge in [-0.2, -0.15) is 0 Å². The first-order chi connectivity index (χ1) is 8.97. The van der Waals surface area contributed by atoms with Crippen molar-refractivity contribution in [1.82, 2.24) is 9.80 Å². The van der Waals surface area contributed by atoms with E-state index in [4.69, 9.17) is 4.74 Å². The molecule has 5 nitrogen and oxygen atoms in total. The van der Waals surface area contributed by atoms with Crippen molar-refractivity contribution in [3.63, 3.8) is 0 Å². The summed E-state index contributed by atoms with van der Waals surface area (Å²) in [6, 6.07) is 0. The fraction of sp³-hybridized carbons (Fsp3) is 0.857. The molecule has 2 aliphatic rings. The lowest BCUT2D eigenvalue weighted by atomic mass is 9.94. The number of amides is 2. The molecule has 2 aliphatic heterocycles. The van der Waals surface area contributed by atoms with Crippen molar-refractivity contribution in [3.8, 4) is 0 Å². The Balaban J connectivity index is 1.88. The van der Waals surface area contributed by atoms with Crippen molar-refractivity contribution >= 4 is 11.8 Å². The van der Waals surface area contributed by atoms with Crippen LogP contribution in [0.2, 0.25) is 0 Å². The smallest absolute Gasteiger partial charge is 0.225 e. The van der Waals surface area contributed by atoms with Crippen molar-refractivity contribution in [1.29, 1.82) is 0 Å². The molecule has 0 aromatic heterocycles. The first kappa shape index (κ1) is 14.3. The summed E-state index contributed by atoms with van der Waals surface area (Å²) >= 11 is 0. The third-order valence-electron chi connectivity index (χ3n) is 4.02. The molecule has 5 heteroatoms. The zero-order valence-electron chi connectivity index (χ0n) is 12.1. The van der Waals surface area contributed by atoms with Gasteiger partial charge in [-0.05, 0) is 26.7 Å². The average Bonchev–Trinajstić information content (AvgIpc) is 2.37. The van der Waals surface area contributed by atoms with Crippen molar-refractivity contribution in [2.24, 2.45) is 5.92 Å². The Labute approximate surface area is 114 Å². The van der Waals surface area contributed by atoms with Crippen LogP contribution in [0.5, 0.6) is 0 Å². The highest BCUT2D eigenvalue weighted by atomic mass is 16.5. The molecule has 0 aromatic carbocycles. The highest BCUT2D eigenvalue weighted by Gasteiger charge is 2.32. The molecule has 0 N–H and O–H groups in total. The van der Waals surface area contributed by atoms with E-state index in [1.54, 1.807) is 6.92 Å². The molecule has 0 radical (unpaired) electrons. The van der Waals surface area contributed by atoms with Gasteiger partial charge in [0.2, 0.25) is 11.8 Å². The number of morpholine rings is 1. The van der Waals surface area contributed by atoms with Gasteiger partial charge in [0.25, 0.3) is 0 Å². The molecule has 0 saturated carbocycles. The maximum Gasteiger partial charge on any atom is 0.225 e. The van der Waals surface area contributed by atoms with E-state index < -0.39 is 0 Å². The van der Waals surface area contributed by atoms with Gasteiger partial charge in [0, 0.05) is 39.0 Å². The first-order valence-corrected chi connectivity index (χ1v) is 7.17. The second-order valence-corrected chi connectivity index (χ2v) is 5.78. The predicted octanol–water partition coefficient (Wildman–Crippen LogP) is 0.881. The maximum atomic E-state index is 12.5. The minimum atomic E-state index is 0.0769. The Morgan fingerprint density at radius 1 is 1.00 bits per heavy atom. The molecule has 2 amide bonds. The van der Waals surface area contributed by atoms with Crippen LogP contribution < -0.4 is 0 Å². The van der Waals surface area contributed by atoms with Crippen molar-refractivity contribution in [2.75, 3.05) is 26.2 Å². The number of rotatable bonds is 1. The van der Waals surface area contributed by atoms with Crippen LogP contribution in [0.15, 0.2) is 0 Å². The van der Waals surface area contributed by atoms with Gasteiger partial charge in [0.05, 0.1) is 12.2 Å². The quantitative estimate of drug-likeness (QED) is 0.709. The summed E-state index contributed by atoms with van der Waals surface area (Å²) in [6.45, 7) is 8.41. The maximum absolute atomic E-state index is 12.5. The van der Waals surface area contributed by atoms with Crippen molar-refractivity contribution in [3.05, 3.63) is 0 Å². The van der Waals surface area contributed by atoms with E-state index in [-0.39, 0.29) is 29.9 Å². The summed E-state index contributed by atoms with van der Waals surface area (Å²) in [5, 5.41) is 0. The van der Waals surface area contributed by atoms with Gasteiger partial charge in [-0.3, -0.25) is 9.59 Å². The summed E-state index contributed by atoms with van der Waals surface area (Å²) in [6.07, 6.45) is 1.81. The Morgan fingerprint density at radius 3 is 2.00 bits per heavy atom. The summed E-state index contributed by atoms with van der Waals surface area (Å²) in [5.74, 6) is 0.429. The summed E-state index contributed by atoms with van der Waals surface area (Å²) < 4.78 is 5.66. The number of nitrogens with zero attached hydrogens (tertiary/aromatic N) is 2. The fourth-order valence-electron chi connectivity index (χ4n) is 3.06. The van der Waals surface area contributed by atoms with Crippen molar-refractivity contribution < 1.29 is 14.3 Å². The first-order valence-electron chi connectivity index (χ1n) is 7.17. The molecule has 0 aromatic rings. The van der Waals surface area contributed by atoms with Gasteiger partial charge in [0.1, 0.15) is 0 Å². The number of likely N-dealkylation sites (tertiary alicyclic amines) is 1. The molecule has 2 atom stereocenters. The Hall–Kier alpha value is -1.10. The number of piperidine rings is 1. The molecule has 0 bridgehead atoms. The van der Waals surface area contributed by atoms with E-state index in [0.29, 0.717) is 26.2 Å². The molecule has 2 saturated heterocycles. The number of carbonyl (C=O) groups excluding carboxylic acids is 2. The lowest BCUT2D eigenvalue weighted by molar-refractivity contribution is -0.150. The second-order valence-electron chi connectivity index (χ2n) is 5.78. The molecule has 108 valence electrons. The Kier molecular flexibility index (Phi) is 4.45. The van der Waals surface area contributed by atoms with Crippen LogP contribution in [-0.2, 0) is 14.3 Å². The second kappa shape index (κ2) is 5.90. The van der Waals surface area contributed by atoms with Gasteiger partial charge in [-0.1, -0.05) is 0 Å². The lowest BCUT2D eigenvalue weighted by Gasteiger charge is -2.39. The summed E-state index contributed by atoms with van der Waals surface area (Å²) in [7, 11) is 0. The normalized spacial score (nSPS) is 29.4. The monoisotopic (exact) mass is 268 g/mol. The topological polar surface area (TPSA) is 49.9 Å². The largest absolute Gasteiger partial charge is 0.372 e. The van der Waals surface area contributed by atoms with Crippen LogP contribution in [0, 0.1) is 5.92 Å². The van der Waals surface area contributed by atoms with Gasteiger partial charge in [-0.15, -0.1) is 0 Å². The molecule has 2 heterocycles. The van der Waals surface area contributed by atoms with Crippen LogP contribution in [0.3, 0.4) is 0 Å². The number of ether oxygens (including phenoxy) is 1. The third kappa shape index (κ3) is 3.47. The number of hydrogen-bond donors (Lipinski definition) is 0. The lowest BCUT2D eigenvalue weighted by Crippen LogP contribution is -2.51. The number of hydrogen-bond acceptors (Lipinski definition) is 3. The van der Waals surface area contributed by atoms with E-state index in [9.17, 15) is 9.59 Å². The molecular formula is C14H24N2O3. The van der Waals surface area contributed by atoms with E-state index in [2.05, 4.69) is 0 Å². The molecule has 0 aliphatic carbocycles. The fourth-order valence-corrected chi connectivity index (χ4v) is 3.06. The average molecular weight is 268 g/mol. The van der Waals surface area contributed by atoms with Crippen molar-refractivity contribution in [2.45, 2.75) is 45.8 Å². The Bertz CT molecular complexity index is 341. The Morgan fingerprint density at radius 2 is 1.53 bits per heavy atom. The van der Waals surface area contributed by atoms with Gasteiger partial charge < -0.3 is 14.5 Å². The zero-order chi connectivity index (χ0) is 14.0. The van der Waals surface area contributed by atoms with E-state index in [1.165, 1.54) is 0 Å². The molecule has 2 fully saturated rings. The van der Waals surface area contributed by atoms with Crippen LogP contribution in [-0.4, -0.2) is 60.0 Å². The SMILES string of the molecule is CC(=O)N1CCC(C(=O)N2CC(C)OC(C)C2)CC1. The van der Waals surface area contributed by atoms with Gasteiger partial charge in [-0.25, -0.2) is 0 Å². The minimum absolute atomic E-state index is 0.0769. The summed E-state index contributed by atoms with van der Waals surface area (Å²) in [4.78, 5) is 27.5. The van der Waals surface area contributed by atoms with Crippen LogP contribution in [0.1, 0.15) is 33.6 Å². The minimum Gasteiger partial charge on any atom is -0.372 e. The molecule has 0 spiro atoms. The van der Waals surface area contributed by atoms with E-state index in [1.807, 2.05) is 23.6 Å². The highest BCUT2D eigenvalue weighted by Crippen LogP contribution is 2.22. The zero-order valence-corrected chi connectivity index (χ0v) is 12.1. The number of carbonyl (C=O) groups is 2. The van der Waals surface area contributed by atoms with Crippen LogP contribution in [0.25, 0.3) is 0 Å². The van der Waals surface area contributed by atoms with E-state index >= 15 is 0 Å². The van der Waals surface area contributed by atoms with Crippen LogP contribution in [0.4, 0.5) is 0 Å². The van der Waals surface area contributed by atoms with Gasteiger partial charge >= 0.3 is 0 Å². The predicted molar refractivity (Wildman–Crippen MR) is 71.6 cm³/mol. The molecule has 2 rings (SSSR count). The molecule has 19 heavy (non-hydrogen) atoms. The third-order valence-corrected chi connectivity index (χ3v) is 4.02. The molecule has 2 unspecified atom stereocenters. The van der Waals surface area contributed by atoms with E-state index in [0.717, 1.165) is 12.8 Å². The standard InChI is InChI=1S/C14H24N2O3/c1-10-8-16(9-11(2)19-10)14(18)13-4-6-15(7-5-13)12(3)17/h10-11,13H,4-9H2,1-3H3. The van der Waals surface area contributed by atoms with Crippen LogP contribution >= 0.6 is 0 Å². The highest BCUT2D eigenvalue weighted by molar-refractivity contribution is 5.80. The van der Waals surface area contributed by atoms with Gasteiger partial charge in [0.15, 0.2) is 0 Å².